The first-order chi connectivity index (χ1) is 20.5. The first-order valence-electron chi connectivity index (χ1n) is 12.1. The fourth-order valence-corrected chi connectivity index (χ4v) is 5.30. The van der Waals surface area contributed by atoms with Crippen molar-refractivity contribution >= 4 is 33.4 Å². The summed E-state index contributed by atoms with van der Waals surface area (Å²) in [6.45, 7) is 0. The molecule has 0 spiro atoms. The molecular formula is C34H10N8. The number of hydrogen-bond acceptors (Lipinski definition) is 8. The number of rotatable bonds is 2. The van der Waals surface area contributed by atoms with E-state index in [1.54, 1.807) is 36.4 Å². The first-order valence-corrected chi connectivity index (χ1v) is 12.1. The topological polar surface area (TPSA) is 190 Å². The smallest absolute Gasteiger partial charge is 0.138 e. The van der Waals surface area contributed by atoms with Gasteiger partial charge in [0, 0.05) is 33.4 Å². The standard InChI is InChI=1S/C34H10N8/c35-11-19-4-6-25-27(8-19)29(17-41)31(33(25)23(13-37)14-38)21-2-1-3-22(10-21)32-30(18-42)28-9-20(12-36)5-7-26(28)34(32)24(15-39)16-40/h1-10H. The molecule has 0 aliphatic heterocycles. The average Bonchev–Trinajstić information content (AvgIpc) is 3.54. The van der Waals surface area contributed by atoms with Crippen molar-refractivity contribution in [3.8, 4) is 48.6 Å². The van der Waals surface area contributed by atoms with Crippen molar-refractivity contribution in [1.29, 1.82) is 42.1 Å². The fourth-order valence-electron chi connectivity index (χ4n) is 5.30. The molecule has 0 atom stereocenters. The number of allylic oxidation sites excluding steroid dienone is 8. The first kappa shape index (κ1) is 26.2. The molecule has 3 aromatic rings. The number of hydrogen-bond donors (Lipinski definition) is 0. The predicted molar refractivity (Wildman–Crippen MR) is 150 cm³/mol. The largest absolute Gasteiger partial charge is 0.192 e. The lowest BCUT2D eigenvalue weighted by molar-refractivity contribution is 1.45. The van der Waals surface area contributed by atoms with Crippen LogP contribution in [0.15, 0.2) is 71.8 Å². The van der Waals surface area contributed by atoms with Gasteiger partial charge in [0.25, 0.3) is 0 Å². The Hall–Kier alpha value is -7.46. The van der Waals surface area contributed by atoms with Gasteiger partial charge >= 0.3 is 0 Å². The monoisotopic (exact) mass is 530 g/mol. The van der Waals surface area contributed by atoms with Crippen LogP contribution in [0.1, 0.15) is 44.5 Å². The van der Waals surface area contributed by atoms with Gasteiger partial charge in [-0.2, -0.15) is 42.1 Å². The third-order valence-corrected chi connectivity index (χ3v) is 6.99. The van der Waals surface area contributed by atoms with Crippen molar-refractivity contribution in [2.45, 2.75) is 0 Å². The molecule has 0 amide bonds. The highest BCUT2D eigenvalue weighted by Gasteiger charge is 2.33. The van der Waals surface area contributed by atoms with Crippen LogP contribution in [-0.2, 0) is 0 Å². The van der Waals surface area contributed by atoms with Gasteiger partial charge in [-0.05, 0) is 52.6 Å². The molecule has 0 aromatic heterocycles. The lowest BCUT2D eigenvalue weighted by Gasteiger charge is -2.13. The zero-order valence-electron chi connectivity index (χ0n) is 21.4. The number of fused-ring (bicyclic) bond motifs is 2. The maximum atomic E-state index is 10.2. The van der Waals surface area contributed by atoms with E-state index >= 15 is 0 Å². The summed E-state index contributed by atoms with van der Waals surface area (Å²) in [5.74, 6) is 0. The number of nitriles is 8. The Balaban J connectivity index is 1.85. The lowest BCUT2D eigenvalue weighted by Crippen LogP contribution is -1.95. The average molecular weight is 531 g/mol. The molecule has 5 rings (SSSR count). The molecule has 2 aliphatic carbocycles. The van der Waals surface area contributed by atoms with Gasteiger partial charge in [-0.1, -0.05) is 30.3 Å². The van der Waals surface area contributed by atoms with E-state index in [9.17, 15) is 42.1 Å². The van der Waals surface area contributed by atoms with E-state index in [1.165, 1.54) is 24.3 Å². The molecule has 0 bridgehead atoms. The van der Waals surface area contributed by atoms with E-state index in [4.69, 9.17) is 0 Å². The van der Waals surface area contributed by atoms with E-state index in [1.807, 2.05) is 36.4 Å². The fraction of sp³-hybridized carbons (Fsp3) is 0. The van der Waals surface area contributed by atoms with Crippen LogP contribution in [0.5, 0.6) is 0 Å². The summed E-state index contributed by atoms with van der Waals surface area (Å²) in [6.07, 6.45) is 0. The summed E-state index contributed by atoms with van der Waals surface area (Å²) in [4.78, 5) is 0. The summed E-state index contributed by atoms with van der Waals surface area (Å²) in [7, 11) is 0. The zero-order chi connectivity index (χ0) is 30.0. The van der Waals surface area contributed by atoms with Crippen molar-refractivity contribution in [3.05, 3.63) is 116 Å². The molecule has 2 aliphatic rings. The molecule has 3 aromatic carbocycles. The highest BCUT2D eigenvalue weighted by atomic mass is 14.4. The van der Waals surface area contributed by atoms with Crippen LogP contribution < -0.4 is 0 Å². The molecule has 186 valence electrons. The summed E-state index contributed by atoms with van der Waals surface area (Å²) < 4.78 is 0. The molecule has 8 heteroatoms. The van der Waals surface area contributed by atoms with Gasteiger partial charge in [0.1, 0.15) is 47.6 Å². The van der Waals surface area contributed by atoms with Crippen LogP contribution in [0.2, 0.25) is 0 Å². The minimum atomic E-state index is -0.224. The van der Waals surface area contributed by atoms with Crippen LogP contribution in [0, 0.1) is 90.6 Å². The van der Waals surface area contributed by atoms with Crippen LogP contribution in [0.25, 0.3) is 33.4 Å². The Morgan fingerprint density at radius 2 is 0.833 bits per heavy atom. The lowest BCUT2D eigenvalue weighted by atomic mass is 9.88. The third kappa shape index (κ3) is 3.78. The van der Waals surface area contributed by atoms with Gasteiger partial charge in [0.05, 0.1) is 34.4 Å². The van der Waals surface area contributed by atoms with Crippen molar-refractivity contribution in [1.82, 2.24) is 0 Å². The second kappa shape index (κ2) is 10.4. The third-order valence-electron chi connectivity index (χ3n) is 6.99. The molecule has 0 N–H and O–H groups in total. The Bertz CT molecular complexity index is 2080. The molecular weight excluding hydrogens is 520 g/mol. The van der Waals surface area contributed by atoms with E-state index in [0.717, 1.165) is 0 Å². The zero-order valence-corrected chi connectivity index (χ0v) is 21.4. The molecule has 0 fully saturated rings. The number of benzene rings is 3. The SMILES string of the molecule is N#CC(C#N)=C1C(c2cccc(C3=C(C#N)c4cc(C#N)ccc4C3=C(C#N)C#N)c2)=C(C#N)c2cc(C#N)ccc21. The second-order valence-corrected chi connectivity index (χ2v) is 9.00. The molecule has 0 heterocycles. The molecule has 42 heavy (non-hydrogen) atoms. The molecule has 0 unspecified atom stereocenters. The van der Waals surface area contributed by atoms with Crippen LogP contribution >= 0.6 is 0 Å². The van der Waals surface area contributed by atoms with E-state index in [0.29, 0.717) is 55.7 Å². The van der Waals surface area contributed by atoms with Crippen LogP contribution in [0.4, 0.5) is 0 Å². The normalized spacial score (nSPS) is 12.3. The highest BCUT2D eigenvalue weighted by molar-refractivity contribution is 6.28. The highest BCUT2D eigenvalue weighted by Crippen LogP contribution is 2.51. The predicted octanol–water partition coefficient (Wildman–Crippen LogP) is 5.93. The van der Waals surface area contributed by atoms with Gasteiger partial charge in [-0.25, -0.2) is 0 Å². The second-order valence-electron chi connectivity index (χ2n) is 9.00. The number of nitrogens with zero attached hydrogens (tertiary/aromatic N) is 8. The molecule has 0 saturated heterocycles. The summed E-state index contributed by atoms with van der Waals surface area (Å²) in [6, 6.07) is 32.0. The van der Waals surface area contributed by atoms with Crippen molar-refractivity contribution in [2.75, 3.05) is 0 Å². The van der Waals surface area contributed by atoms with Gasteiger partial charge in [-0.3, -0.25) is 0 Å². The Labute approximate surface area is 240 Å². The van der Waals surface area contributed by atoms with Gasteiger partial charge in [-0.15, -0.1) is 0 Å². The van der Waals surface area contributed by atoms with Crippen molar-refractivity contribution < 1.29 is 0 Å². The quantitative estimate of drug-likeness (QED) is 0.364. The summed E-state index contributed by atoms with van der Waals surface area (Å²) >= 11 is 0. The molecule has 0 saturated carbocycles. The minimum absolute atomic E-state index is 0.158. The molecule has 8 nitrogen and oxygen atoms in total. The Morgan fingerprint density at radius 1 is 0.429 bits per heavy atom. The Morgan fingerprint density at radius 3 is 1.17 bits per heavy atom. The van der Waals surface area contributed by atoms with Gasteiger partial charge < -0.3 is 0 Å². The van der Waals surface area contributed by atoms with E-state index in [-0.39, 0.29) is 33.4 Å². The molecule has 0 radical (unpaired) electrons. The van der Waals surface area contributed by atoms with E-state index < -0.39 is 0 Å². The van der Waals surface area contributed by atoms with E-state index in [2.05, 4.69) is 12.1 Å². The summed E-state index contributed by atoms with van der Waals surface area (Å²) in [5, 5.41) is 78.5. The van der Waals surface area contributed by atoms with Gasteiger partial charge in [0.2, 0.25) is 0 Å². The van der Waals surface area contributed by atoms with Crippen molar-refractivity contribution in [2.24, 2.45) is 0 Å². The summed E-state index contributed by atoms with van der Waals surface area (Å²) in [5.41, 5.74) is 4.12. The minimum Gasteiger partial charge on any atom is -0.192 e. The maximum absolute atomic E-state index is 10.2. The van der Waals surface area contributed by atoms with Crippen LogP contribution in [0.3, 0.4) is 0 Å². The maximum Gasteiger partial charge on any atom is 0.138 e. The Kier molecular flexibility index (Phi) is 6.45. The van der Waals surface area contributed by atoms with Gasteiger partial charge in [0.15, 0.2) is 0 Å². The van der Waals surface area contributed by atoms with Crippen molar-refractivity contribution in [3.63, 3.8) is 0 Å². The van der Waals surface area contributed by atoms with Crippen LogP contribution in [-0.4, -0.2) is 0 Å².